The Balaban J connectivity index is 3.27. The molecule has 0 rings (SSSR count). The fourth-order valence-corrected chi connectivity index (χ4v) is 1.69. The lowest BCUT2D eigenvalue weighted by molar-refractivity contribution is -0.144. The molecule has 160 valence electrons. The maximum atomic E-state index is 11.5. The molecule has 0 saturated heterocycles. The molecule has 0 radical (unpaired) electrons. The number of hydrogen-bond donors (Lipinski definition) is 2. The Morgan fingerprint density at radius 2 is 1.15 bits per heavy atom. The lowest BCUT2D eigenvalue weighted by atomic mass is 10.5. The normalized spacial score (nSPS) is 10.7. The monoisotopic (exact) mass is 394 g/mol. The molecule has 0 aliphatic rings. The van der Waals surface area contributed by atoms with Crippen LogP contribution in [0.2, 0.25) is 0 Å². The van der Waals surface area contributed by atoms with Crippen LogP contribution < -0.4 is 10.6 Å². The van der Waals surface area contributed by atoms with Gasteiger partial charge < -0.3 is 39.1 Å². The van der Waals surface area contributed by atoms with Gasteiger partial charge in [0, 0.05) is 26.8 Å². The van der Waals surface area contributed by atoms with E-state index < -0.39 is 0 Å². The van der Waals surface area contributed by atoms with Gasteiger partial charge in [-0.1, -0.05) is 0 Å². The van der Waals surface area contributed by atoms with Crippen molar-refractivity contribution in [1.82, 2.24) is 10.6 Å². The summed E-state index contributed by atoms with van der Waals surface area (Å²) in [4.78, 5) is 22.8. The maximum Gasteiger partial charge on any atom is 0.320 e. The zero-order valence-corrected chi connectivity index (χ0v) is 16.5. The number of rotatable bonds is 20. The molecule has 0 heterocycles. The van der Waals surface area contributed by atoms with Gasteiger partial charge in [0.2, 0.25) is 0 Å². The van der Waals surface area contributed by atoms with Crippen molar-refractivity contribution in [2.75, 3.05) is 92.8 Å². The van der Waals surface area contributed by atoms with Crippen molar-refractivity contribution in [2.24, 2.45) is 0 Å². The van der Waals surface area contributed by atoms with E-state index in [0.717, 1.165) is 0 Å². The number of carbonyl (C=O) groups is 2. The lowest BCUT2D eigenvalue weighted by Crippen LogP contribution is -2.31. The number of hydrogen-bond acceptors (Lipinski definition) is 10. The fraction of sp³-hybridized carbons (Fsp3) is 0.882. The Bertz CT molecular complexity index is 358. The fourth-order valence-electron chi connectivity index (χ4n) is 1.69. The Kier molecular flexibility index (Phi) is 20.0. The summed E-state index contributed by atoms with van der Waals surface area (Å²) < 4.78 is 30.5. The third-order valence-corrected chi connectivity index (χ3v) is 3.00. The van der Waals surface area contributed by atoms with Gasteiger partial charge in [-0.3, -0.25) is 9.59 Å². The standard InChI is InChI=1S/C17H34N2O8/c1-3-23-8-9-24-10-11-25-12-13-27-17(21)15-19-5-7-26-16(20)14-18-4-6-22-2/h18-19H,3-15H2,1-2H3. The molecule has 0 aliphatic carbocycles. The van der Waals surface area contributed by atoms with Crippen LogP contribution in [0.1, 0.15) is 6.92 Å². The minimum Gasteiger partial charge on any atom is -0.463 e. The summed E-state index contributed by atoms with van der Waals surface area (Å²) >= 11 is 0. The van der Waals surface area contributed by atoms with Gasteiger partial charge >= 0.3 is 11.9 Å². The number of methoxy groups -OCH3 is 1. The third-order valence-electron chi connectivity index (χ3n) is 3.00. The molecule has 0 fully saturated rings. The van der Waals surface area contributed by atoms with E-state index in [1.807, 2.05) is 6.92 Å². The maximum absolute atomic E-state index is 11.5. The largest absolute Gasteiger partial charge is 0.463 e. The van der Waals surface area contributed by atoms with Crippen LogP contribution in [0.15, 0.2) is 0 Å². The van der Waals surface area contributed by atoms with Crippen molar-refractivity contribution in [3.8, 4) is 0 Å². The Morgan fingerprint density at radius 1 is 0.667 bits per heavy atom. The van der Waals surface area contributed by atoms with Crippen LogP contribution in [0.4, 0.5) is 0 Å². The molecule has 10 heteroatoms. The van der Waals surface area contributed by atoms with E-state index >= 15 is 0 Å². The van der Waals surface area contributed by atoms with Crippen LogP contribution >= 0.6 is 0 Å². The van der Waals surface area contributed by atoms with Gasteiger partial charge in [0.25, 0.3) is 0 Å². The van der Waals surface area contributed by atoms with Gasteiger partial charge in [0.05, 0.1) is 52.7 Å². The molecule has 10 nitrogen and oxygen atoms in total. The summed E-state index contributed by atoms with van der Waals surface area (Å²) in [5, 5.41) is 5.72. The summed E-state index contributed by atoms with van der Waals surface area (Å²) in [5.74, 6) is -0.742. The van der Waals surface area contributed by atoms with Crippen LogP contribution in [0.5, 0.6) is 0 Å². The molecular weight excluding hydrogens is 360 g/mol. The average Bonchev–Trinajstić information content (AvgIpc) is 2.66. The van der Waals surface area contributed by atoms with Crippen molar-refractivity contribution in [3.05, 3.63) is 0 Å². The first-order chi connectivity index (χ1) is 13.2. The first kappa shape index (κ1) is 25.7. The van der Waals surface area contributed by atoms with Gasteiger partial charge in [-0.2, -0.15) is 0 Å². The zero-order valence-electron chi connectivity index (χ0n) is 16.5. The summed E-state index contributed by atoms with van der Waals surface area (Å²) in [5.41, 5.74) is 0. The number of nitrogens with one attached hydrogen (secondary N) is 2. The smallest absolute Gasteiger partial charge is 0.320 e. The molecule has 0 saturated carbocycles. The summed E-state index contributed by atoms with van der Waals surface area (Å²) in [6.45, 7) is 6.98. The minimum atomic E-state index is -0.390. The summed E-state index contributed by atoms with van der Waals surface area (Å²) in [6.07, 6.45) is 0. The predicted molar refractivity (Wildman–Crippen MR) is 97.7 cm³/mol. The number of esters is 2. The second-order valence-electron chi connectivity index (χ2n) is 5.21. The molecule has 0 aromatic rings. The van der Waals surface area contributed by atoms with E-state index in [2.05, 4.69) is 10.6 Å². The highest BCUT2D eigenvalue weighted by atomic mass is 16.6. The summed E-state index contributed by atoms with van der Waals surface area (Å²) in [6, 6.07) is 0. The van der Waals surface area contributed by atoms with Gasteiger partial charge in [-0.05, 0) is 6.92 Å². The first-order valence-corrected chi connectivity index (χ1v) is 9.15. The molecular formula is C17H34N2O8. The topological polar surface area (TPSA) is 114 Å². The molecule has 0 aromatic heterocycles. The minimum absolute atomic E-state index is 0.0458. The van der Waals surface area contributed by atoms with E-state index in [1.54, 1.807) is 7.11 Å². The van der Waals surface area contributed by atoms with Crippen LogP contribution in [0.25, 0.3) is 0 Å². The van der Waals surface area contributed by atoms with Crippen LogP contribution in [0.3, 0.4) is 0 Å². The van der Waals surface area contributed by atoms with E-state index in [1.165, 1.54) is 0 Å². The second kappa shape index (κ2) is 21.0. The lowest BCUT2D eigenvalue weighted by Gasteiger charge is -2.08. The molecule has 0 aliphatic heterocycles. The average molecular weight is 394 g/mol. The van der Waals surface area contributed by atoms with E-state index in [9.17, 15) is 9.59 Å². The second-order valence-corrected chi connectivity index (χ2v) is 5.21. The van der Waals surface area contributed by atoms with Crippen molar-refractivity contribution >= 4 is 11.9 Å². The van der Waals surface area contributed by atoms with Crippen molar-refractivity contribution in [2.45, 2.75) is 6.92 Å². The number of carbonyl (C=O) groups excluding carboxylic acids is 2. The molecule has 0 aromatic carbocycles. The van der Waals surface area contributed by atoms with Crippen molar-refractivity contribution in [3.63, 3.8) is 0 Å². The van der Waals surface area contributed by atoms with Gasteiger partial charge in [-0.15, -0.1) is 0 Å². The van der Waals surface area contributed by atoms with Crippen LogP contribution in [0, 0.1) is 0 Å². The predicted octanol–water partition coefficient (Wildman–Crippen LogP) is -1.03. The van der Waals surface area contributed by atoms with E-state index in [4.69, 9.17) is 28.4 Å². The van der Waals surface area contributed by atoms with Gasteiger partial charge in [-0.25, -0.2) is 0 Å². The van der Waals surface area contributed by atoms with Crippen LogP contribution in [-0.4, -0.2) is 105 Å². The highest BCUT2D eigenvalue weighted by Gasteiger charge is 2.04. The van der Waals surface area contributed by atoms with E-state index in [0.29, 0.717) is 59.3 Å². The van der Waals surface area contributed by atoms with Crippen LogP contribution in [-0.2, 0) is 38.0 Å². The molecule has 0 spiro atoms. The Hall–Kier alpha value is -1.30. The zero-order chi connectivity index (χ0) is 20.0. The van der Waals surface area contributed by atoms with Gasteiger partial charge in [0.1, 0.15) is 13.2 Å². The quantitative estimate of drug-likeness (QED) is 0.196. The van der Waals surface area contributed by atoms with E-state index in [-0.39, 0.29) is 38.2 Å². The third kappa shape index (κ3) is 20.9. The van der Waals surface area contributed by atoms with Crippen molar-refractivity contribution < 1.29 is 38.0 Å². The highest BCUT2D eigenvalue weighted by molar-refractivity contribution is 5.72. The number of ether oxygens (including phenoxy) is 6. The molecule has 27 heavy (non-hydrogen) atoms. The molecule has 0 unspecified atom stereocenters. The highest BCUT2D eigenvalue weighted by Crippen LogP contribution is 1.84. The molecule has 0 atom stereocenters. The van der Waals surface area contributed by atoms with Gasteiger partial charge in [0.15, 0.2) is 0 Å². The van der Waals surface area contributed by atoms with Crippen molar-refractivity contribution in [1.29, 1.82) is 0 Å². The molecule has 0 bridgehead atoms. The first-order valence-electron chi connectivity index (χ1n) is 9.15. The summed E-state index contributed by atoms with van der Waals surface area (Å²) in [7, 11) is 1.59. The molecule has 2 N–H and O–H groups in total. The Morgan fingerprint density at radius 3 is 1.70 bits per heavy atom. The molecule has 0 amide bonds. The Labute approximate surface area is 161 Å². The SMILES string of the molecule is CCOCCOCCOCCOC(=O)CNCCOC(=O)CNCCOC.